The fourth-order valence-electron chi connectivity index (χ4n) is 1.04. The fraction of sp³-hybridized carbons (Fsp3) is 0.364. The normalized spacial score (nSPS) is 12.2. The van der Waals surface area contributed by atoms with Gasteiger partial charge in [0.2, 0.25) is 5.91 Å². The number of hydrogen-bond donors (Lipinski definition) is 1. The highest BCUT2D eigenvalue weighted by Crippen LogP contribution is 2.03. The van der Waals surface area contributed by atoms with Crippen LogP contribution in [0.4, 0.5) is 0 Å². The number of rotatable bonds is 3. The van der Waals surface area contributed by atoms with Crippen LogP contribution in [0.5, 0.6) is 0 Å². The van der Waals surface area contributed by atoms with Gasteiger partial charge in [-0.1, -0.05) is 29.8 Å². The molecular weight excluding hydrogens is 198 g/mol. The lowest BCUT2D eigenvalue weighted by Crippen LogP contribution is -2.28. The average molecular weight is 212 g/mol. The van der Waals surface area contributed by atoms with Crippen molar-refractivity contribution in [3.8, 4) is 0 Å². The Labute approximate surface area is 89.3 Å². The van der Waals surface area contributed by atoms with Gasteiger partial charge in [-0.2, -0.15) is 0 Å². The molecule has 0 aliphatic heterocycles. The van der Waals surface area contributed by atoms with E-state index in [2.05, 4.69) is 5.32 Å². The Balaban J connectivity index is 2.46. The number of carbonyl (C=O) groups excluding carboxylic acids is 1. The van der Waals surface area contributed by atoms with Gasteiger partial charge in [0.1, 0.15) is 5.38 Å². The number of aryl methyl sites for hydroxylation is 1. The maximum absolute atomic E-state index is 11.1. The van der Waals surface area contributed by atoms with E-state index in [-0.39, 0.29) is 5.91 Å². The van der Waals surface area contributed by atoms with Crippen LogP contribution in [0.15, 0.2) is 24.3 Å². The molecule has 76 valence electrons. The average Bonchev–Trinajstić information content (AvgIpc) is 2.16. The van der Waals surface area contributed by atoms with Gasteiger partial charge in [-0.15, -0.1) is 11.6 Å². The molecule has 0 aliphatic rings. The molecule has 1 aromatic carbocycles. The van der Waals surface area contributed by atoms with Crippen LogP contribution in [0.2, 0.25) is 0 Å². The lowest BCUT2D eigenvalue weighted by atomic mass is 10.1. The van der Waals surface area contributed by atoms with Gasteiger partial charge in [-0.25, -0.2) is 0 Å². The molecule has 0 aromatic heterocycles. The molecule has 0 saturated carbocycles. The standard InChI is InChI=1S/C11H14ClNO/c1-8-3-5-10(6-4-8)7-13-11(14)9(2)12/h3-6,9H,7H2,1-2H3,(H,13,14)/t9-/m0/s1. The third-order valence-corrected chi connectivity index (χ3v) is 2.15. The molecule has 0 spiro atoms. The Morgan fingerprint density at radius 2 is 2.00 bits per heavy atom. The van der Waals surface area contributed by atoms with E-state index in [9.17, 15) is 4.79 Å². The van der Waals surface area contributed by atoms with Crippen LogP contribution in [0.25, 0.3) is 0 Å². The summed E-state index contributed by atoms with van der Waals surface area (Å²) in [5, 5.41) is 2.28. The van der Waals surface area contributed by atoms with E-state index in [0.29, 0.717) is 6.54 Å². The number of amides is 1. The molecule has 0 heterocycles. The van der Waals surface area contributed by atoms with Crippen LogP contribution < -0.4 is 5.32 Å². The van der Waals surface area contributed by atoms with E-state index in [0.717, 1.165) is 5.56 Å². The second kappa shape index (κ2) is 5.01. The van der Waals surface area contributed by atoms with Gasteiger partial charge < -0.3 is 5.32 Å². The summed E-state index contributed by atoms with van der Waals surface area (Å²) in [6, 6.07) is 8.03. The van der Waals surface area contributed by atoms with Crippen molar-refractivity contribution in [1.82, 2.24) is 5.32 Å². The summed E-state index contributed by atoms with van der Waals surface area (Å²) in [6.45, 7) is 4.23. The minimum Gasteiger partial charge on any atom is -0.351 e. The first-order valence-electron chi connectivity index (χ1n) is 4.57. The number of nitrogens with one attached hydrogen (secondary N) is 1. The number of alkyl halides is 1. The third kappa shape index (κ3) is 3.38. The number of hydrogen-bond acceptors (Lipinski definition) is 1. The summed E-state index contributed by atoms with van der Waals surface area (Å²) in [7, 11) is 0. The smallest absolute Gasteiger partial charge is 0.238 e. The first-order valence-corrected chi connectivity index (χ1v) is 5.00. The van der Waals surface area contributed by atoms with E-state index in [4.69, 9.17) is 11.6 Å². The number of benzene rings is 1. The zero-order chi connectivity index (χ0) is 10.6. The van der Waals surface area contributed by atoms with Gasteiger partial charge in [0.05, 0.1) is 0 Å². The van der Waals surface area contributed by atoms with Crippen molar-refractivity contribution in [2.24, 2.45) is 0 Å². The van der Waals surface area contributed by atoms with E-state index in [1.807, 2.05) is 31.2 Å². The Kier molecular flexibility index (Phi) is 3.96. The number of halogens is 1. The lowest BCUT2D eigenvalue weighted by Gasteiger charge is -2.06. The van der Waals surface area contributed by atoms with Gasteiger partial charge in [0.25, 0.3) is 0 Å². The van der Waals surface area contributed by atoms with Gasteiger partial charge in [-0.3, -0.25) is 4.79 Å². The Morgan fingerprint density at radius 3 is 2.50 bits per heavy atom. The van der Waals surface area contributed by atoms with E-state index >= 15 is 0 Å². The molecule has 2 nitrogen and oxygen atoms in total. The Bertz CT molecular complexity index is 306. The molecule has 1 atom stereocenters. The summed E-state index contributed by atoms with van der Waals surface area (Å²) in [5.74, 6) is -0.132. The van der Waals surface area contributed by atoms with Gasteiger partial charge in [-0.05, 0) is 19.4 Å². The van der Waals surface area contributed by atoms with E-state index < -0.39 is 5.38 Å². The minimum atomic E-state index is -0.472. The molecule has 0 fully saturated rings. The summed E-state index contributed by atoms with van der Waals surface area (Å²) < 4.78 is 0. The summed E-state index contributed by atoms with van der Waals surface area (Å²) in [4.78, 5) is 11.1. The van der Waals surface area contributed by atoms with Crippen molar-refractivity contribution in [3.05, 3.63) is 35.4 Å². The van der Waals surface area contributed by atoms with Crippen LogP contribution in [0.3, 0.4) is 0 Å². The molecule has 0 radical (unpaired) electrons. The highest BCUT2D eigenvalue weighted by Gasteiger charge is 2.07. The molecule has 1 aromatic rings. The molecule has 3 heteroatoms. The van der Waals surface area contributed by atoms with E-state index in [1.54, 1.807) is 6.92 Å². The van der Waals surface area contributed by atoms with Crippen molar-refractivity contribution in [2.45, 2.75) is 25.8 Å². The Morgan fingerprint density at radius 1 is 1.43 bits per heavy atom. The SMILES string of the molecule is Cc1ccc(CNC(=O)[C@H](C)Cl)cc1. The molecule has 0 unspecified atom stereocenters. The molecule has 0 saturated heterocycles. The molecular formula is C11H14ClNO. The topological polar surface area (TPSA) is 29.1 Å². The van der Waals surface area contributed by atoms with Crippen molar-refractivity contribution in [2.75, 3.05) is 0 Å². The van der Waals surface area contributed by atoms with Crippen molar-refractivity contribution in [1.29, 1.82) is 0 Å². The van der Waals surface area contributed by atoms with Crippen LogP contribution >= 0.6 is 11.6 Å². The monoisotopic (exact) mass is 211 g/mol. The highest BCUT2D eigenvalue weighted by atomic mass is 35.5. The van der Waals surface area contributed by atoms with Crippen molar-refractivity contribution < 1.29 is 4.79 Å². The quantitative estimate of drug-likeness (QED) is 0.764. The second-order valence-corrected chi connectivity index (χ2v) is 3.97. The molecule has 0 aliphatic carbocycles. The van der Waals surface area contributed by atoms with Crippen molar-refractivity contribution >= 4 is 17.5 Å². The minimum absolute atomic E-state index is 0.132. The predicted octanol–water partition coefficient (Wildman–Crippen LogP) is 2.24. The molecule has 1 N–H and O–H groups in total. The zero-order valence-electron chi connectivity index (χ0n) is 8.38. The van der Waals surface area contributed by atoms with Crippen LogP contribution in [-0.2, 0) is 11.3 Å². The second-order valence-electron chi connectivity index (χ2n) is 3.32. The molecule has 1 rings (SSSR count). The van der Waals surface area contributed by atoms with Crippen LogP contribution in [0.1, 0.15) is 18.1 Å². The van der Waals surface area contributed by atoms with Gasteiger partial charge in [0.15, 0.2) is 0 Å². The zero-order valence-corrected chi connectivity index (χ0v) is 9.14. The summed E-state index contributed by atoms with van der Waals surface area (Å²) in [5.41, 5.74) is 2.30. The predicted molar refractivity (Wildman–Crippen MR) is 58.3 cm³/mol. The molecule has 14 heavy (non-hydrogen) atoms. The molecule has 0 bridgehead atoms. The third-order valence-electron chi connectivity index (χ3n) is 1.95. The lowest BCUT2D eigenvalue weighted by molar-refractivity contribution is -0.120. The summed E-state index contributed by atoms with van der Waals surface area (Å²) in [6.07, 6.45) is 0. The van der Waals surface area contributed by atoms with Gasteiger partial charge >= 0.3 is 0 Å². The van der Waals surface area contributed by atoms with Gasteiger partial charge in [0, 0.05) is 6.54 Å². The van der Waals surface area contributed by atoms with Crippen LogP contribution in [0, 0.1) is 6.92 Å². The first-order chi connectivity index (χ1) is 6.59. The number of carbonyl (C=O) groups is 1. The fourth-order valence-corrected chi connectivity index (χ4v) is 1.11. The summed E-state index contributed by atoms with van der Waals surface area (Å²) >= 11 is 5.61. The highest BCUT2D eigenvalue weighted by molar-refractivity contribution is 6.30. The maximum Gasteiger partial charge on any atom is 0.238 e. The maximum atomic E-state index is 11.1. The van der Waals surface area contributed by atoms with Crippen molar-refractivity contribution in [3.63, 3.8) is 0 Å². The first kappa shape index (κ1) is 11.1. The van der Waals surface area contributed by atoms with Crippen LogP contribution in [-0.4, -0.2) is 11.3 Å². The Hall–Kier alpha value is -1.02. The largest absolute Gasteiger partial charge is 0.351 e. The molecule has 1 amide bonds. The van der Waals surface area contributed by atoms with E-state index in [1.165, 1.54) is 5.56 Å².